The lowest BCUT2D eigenvalue weighted by molar-refractivity contribution is -0.112. The summed E-state index contributed by atoms with van der Waals surface area (Å²) >= 11 is 6.01. The molecule has 0 aliphatic heterocycles. The van der Waals surface area contributed by atoms with Crippen LogP contribution < -0.4 is 10.1 Å². The van der Waals surface area contributed by atoms with Gasteiger partial charge in [-0.2, -0.15) is 5.26 Å². The molecule has 0 unspecified atom stereocenters. The Labute approximate surface area is 152 Å². The van der Waals surface area contributed by atoms with Gasteiger partial charge < -0.3 is 10.1 Å². The highest BCUT2D eigenvalue weighted by Gasteiger charge is 2.11. The highest BCUT2D eigenvalue weighted by molar-refractivity contribution is 6.34. The van der Waals surface area contributed by atoms with Crippen LogP contribution in [0, 0.1) is 11.3 Å². The fourth-order valence-corrected chi connectivity index (χ4v) is 2.25. The fraction of sp³-hybridized carbons (Fsp3) is 0.200. The molecule has 0 saturated heterocycles. The van der Waals surface area contributed by atoms with Crippen molar-refractivity contribution in [1.82, 2.24) is 0 Å². The quantitative estimate of drug-likeness (QED) is 0.429. The average Bonchev–Trinajstić information content (AvgIpc) is 2.63. The van der Waals surface area contributed by atoms with E-state index in [1.165, 1.54) is 6.08 Å². The molecule has 4 nitrogen and oxygen atoms in total. The second-order valence-corrected chi connectivity index (χ2v) is 5.78. The SMILES string of the molecule is CCCCOc1ccc(/C=C(\C#N)C(=O)Nc2ccccc2Cl)cc1. The van der Waals surface area contributed by atoms with Gasteiger partial charge in [-0.3, -0.25) is 4.79 Å². The standard InChI is InChI=1S/C20H19ClN2O2/c1-2-3-12-25-17-10-8-15(9-11-17)13-16(14-22)20(24)23-19-7-5-4-6-18(19)21/h4-11,13H,2-3,12H2,1H3,(H,23,24)/b16-13+. The van der Waals surface area contributed by atoms with Crippen LogP contribution in [0.2, 0.25) is 5.02 Å². The number of hydrogen-bond donors (Lipinski definition) is 1. The van der Waals surface area contributed by atoms with Crippen LogP contribution in [0.15, 0.2) is 54.1 Å². The first kappa shape index (κ1) is 18.6. The molecule has 5 heteroatoms. The molecule has 2 aromatic rings. The van der Waals surface area contributed by atoms with Crippen molar-refractivity contribution in [3.05, 3.63) is 64.7 Å². The number of para-hydroxylation sites is 1. The van der Waals surface area contributed by atoms with Gasteiger partial charge in [0.1, 0.15) is 17.4 Å². The lowest BCUT2D eigenvalue weighted by atomic mass is 10.1. The summed E-state index contributed by atoms with van der Waals surface area (Å²) in [6.07, 6.45) is 3.61. The molecular weight excluding hydrogens is 336 g/mol. The number of nitriles is 1. The number of unbranched alkanes of at least 4 members (excludes halogenated alkanes) is 1. The topological polar surface area (TPSA) is 62.1 Å². The van der Waals surface area contributed by atoms with E-state index in [0.717, 1.165) is 24.2 Å². The number of nitrogens with zero attached hydrogens (tertiary/aromatic N) is 1. The summed E-state index contributed by atoms with van der Waals surface area (Å²) in [5.41, 5.74) is 1.21. The molecule has 0 spiro atoms. The maximum atomic E-state index is 12.3. The van der Waals surface area contributed by atoms with Gasteiger partial charge in [0.05, 0.1) is 17.3 Å². The van der Waals surface area contributed by atoms with E-state index >= 15 is 0 Å². The van der Waals surface area contributed by atoms with Gasteiger partial charge in [0.25, 0.3) is 5.91 Å². The molecule has 0 aliphatic carbocycles. The molecule has 0 aromatic heterocycles. The lowest BCUT2D eigenvalue weighted by Gasteiger charge is -2.07. The average molecular weight is 355 g/mol. The van der Waals surface area contributed by atoms with Crippen LogP contribution in [-0.2, 0) is 4.79 Å². The van der Waals surface area contributed by atoms with Gasteiger partial charge in [0.15, 0.2) is 0 Å². The van der Waals surface area contributed by atoms with Crippen LogP contribution in [0.3, 0.4) is 0 Å². The molecule has 128 valence electrons. The third kappa shape index (κ3) is 5.66. The second kappa shape index (κ2) is 9.51. The Bertz CT molecular complexity index is 792. The van der Waals surface area contributed by atoms with Crippen molar-refractivity contribution in [3.63, 3.8) is 0 Å². The summed E-state index contributed by atoms with van der Waals surface area (Å²) < 4.78 is 5.59. The Balaban J connectivity index is 2.07. The molecule has 1 N–H and O–H groups in total. The second-order valence-electron chi connectivity index (χ2n) is 5.37. The Hall–Kier alpha value is -2.77. The first-order valence-electron chi connectivity index (χ1n) is 8.04. The largest absolute Gasteiger partial charge is 0.494 e. The number of carbonyl (C=O) groups excluding carboxylic acids is 1. The van der Waals surface area contributed by atoms with Crippen LogP contribution in [0.5, 0.6) is 5.75 Å². The van der Waals surface area contributed by atoms with Crippen LogP contribution in [0.25, 0.3) is 6.08 Å². The molecule has 25 heavy (non-hydrogen) atoms. The Morgan fingerprint density at radius 1 is 1.24 bits per heavy atom. The van der Waals surface area contributed by atoms with Crippen molar-refractivity contribution < 1.29 is 9.53 Å². The molecule has 0 heterocycles. The predicted molar refractivity (Wildman–Crippen MR) is 101 cm³/mol. The molecule has 0 bridgehead atoms. The fourth-order valence-electron chi connectivity index (χ4n) is 2.06. The Morgan fingerprint density at radius 3 is 2.60 bits per heavy atom. The normalized spacial score (nSPS) is 10.8. The molecular formula is C20H19ClN2O2. The number of anilines is 1. The maximum absolute atomic E-state index is 12.3. The van der Waals surface area contributed by atoms with Crippen molar-refractivity contribution >= 4 is 29.3 Å². The molecule has 1 amide bonds. The zero-order valence-electron chi connectivity index (χ0n) is 14.0. The van der Waals surface area contributed by atoms with Crippen molar-refractivity contribution in [2.24, 2.45) is 0 Å². The van der Waals surface area contributed by atoms with E-state index < -0.39 is 5.91 Å². The van der Waals surface area contributed by atoms with E-state index in [1.807, 2.05) is 18.2 Å². The number of nitrogens with one attached hydrogen (secondary N) is 1. The minimum Gasteiger partial charge on any atom is -0.494 e. The van der Waals surface area contributed by atoms with Crippen LogP contribution in [0.1, 0.15) is 25.3 Å². The van der Waals surface area contributed by atoms with Crippen molar-refractivity contribution in [2.75, 3.05) is 11.9 Å². The maximum Gasteiger partial charge on any atom is 0.266 e. The van der Waals surface area contributed by atoms with Gasteiger partial charge in [-0.15, -0.1) is 0 Å². The third-order valence-electron chi connectivity index (χ3n) is 3.44. The van der Waals surface area contributed by atoms with E-state index in [0.29, 0.717) is 17.3 Å². The van der Waals surface area contributed by atoms with Crippen LogP contribution >= 0.6 is 11.6 Å². The molecule has 0 atom stereocenters. The summed E-state index contributed by atoms with van der Waals surface area (Å²) in [4.78, 5) is 12.3. The van der Waals surface area contributed by atoms with E-state index in [1.54, 1.807) is 36.4 Å². The number of hydrogen-bond acceptors (Lipinski definition) is 3. The minimum absolute atomic E-state index is 0.000397. The molecule has 2 aromatic carbocycles. The lowest BCUT2D eigenvalue weighted by Crippen LogP contribution is -2.13. The van der Waals surface area contributed by atoms with Gasteiger partial charge in [0.2, 0.25) is 0 Å². The van der Waals surface area contributed by atoms with E-state index in [9.17, 15) is 10.1 Å². The summed E-state index contributed by atoms with van der Waals surface area (Å²) in [6.45, 7) is 2.78. The number of benzene rings is 2. The van der Waals surface area contributed by atoms with E-state index in [2.05, 4.69) is 12.2 Å². The third-order valence-corrected chi connectivity index (χ3v) is 3.77. The molecule has 2 rings (SSSR count). The number of carbonyl (C=O) groups is 1. The zero-order valence-corrected chi connectivity index (χ0v) is 14.7. The zero-order chi connectivity index (χ0) is 18.1. The number of halogens is 1. The highest BCUT2D eigenvalue weighted by Crippen LogP contribution is 2.21. The van der Waals surface area contributed by atoms with E-state index in [-0.39, 0.29) is 5.57 Å². The van der Waals surface area contributed by atoms with Crippen LogP contribution in [-0.4, -0.2) is 12.5 Å². The smallest absolute Gasteiger partial charge is 0.266 e. The van der Waals surface area contributed by atoms with Crippen molar-refractivity contribution in [3.8, 4) is 11.8 Å². The summed E-state index contributed by atoms with van der Waals surface area (Å²) in [6, 6.07) is 16.1. The van der Waals surface area contributed by atoms with Gasteiger partial charge in [0, 0.05) is 0 Å². The Morgan fingerprint density at radius 2 is 1.96 bits per heavy atom. The first-order chi connectivity index (χ1) is 12.1. The first-order valence-corrected chi connectivity index (χ1v) is 8.42. The number of rotatable bonds is 7. The monoisotopic (exact) mass is 354 g/mol. The summed E-state index contributed by atoms with van der Waals surface area (Å²) in [5.74, 6) is 0.267. The summed E-state index contributed by atoms with van der Waals surface area (Å²) in [7, 11) is 0. The van der Waals surface area contributed by atoms with Gasteiger partial charge in [-0.1, -0.05) is 49.2 Å². The van der Waals surface area contributed by atoms with Gasteiger partial charge in [-0.25, -0.2) is 0 Å². The molecule has 0 fully saturated rings. The summed E-state index contributed by atoms with van der Waals surface area (Å²) in [5, 5.41) is 12.3. The van der Waals surface area contributed by atoms with Crippen LogP contribution in [0.4, 0.5) is 5.69 Å². The predicted octanol–water partition coefficient (Wildman–Crippen LogP) is 5.06. The Kier molecular flexibility index (Phi) is 7.06. The number of ether oxygens (including phenoxy) is 1. The van der Waals surface area contributed by atoms with Crippen molar-refractivity contribution in [1.29, 1.82) is 5.26 Å². The van der Waals surface area contributed by atoms with Gasteiger partial charge in [-0.05, 0) is 42.3 Å². The number of amides is 1. The van der Waals surface area contributed by atoms with Crippen molar-refractivity contribution in [2.45, 2.75) is 19.8 Å². The van der Waals surface area contributed by atoms with E-state index in [4.69, 9.17) is 16.3 Å². The highest BCUT2D eigenvalue weighted by atomic mass is 35.5. The molecule has 0 aliphatic rings. The molecule has 0 radical (unpaired) electrons. The van der Waals surface area contributed by atoms with Gasteiger partial charge >= 0.3 is 0 Å². The minimum atomic E-state index is -0.501. The molecule has 0 saturated carbocycles.